The van der Waals surface area contributed by atoms with Crippen LogP contribution in [-0.4, -0.2) is 31.8 Å². The summed E-state index contributed by atoms with van der Waals surface area (Å²) in [6, 6.07) is 20.8. The summed E-state index contributed by atoms with van der Waals surface area (Å²) in [6.07, 6.45) is 13.5. The topological polar surface area (TPSA) is 80.3 Å². The molecule has 3 atom stereocenters. The minimum atomic E-state index is -0.461. The van der Waals surface area contributed by atoms with Gasteiger partial charge in [0.1, 0.15) is 28.7 Å². The average Bonchev–Trinajstić information content (AvgIpc) is 3.26. The van der Waals surface area contributed by atoms with E-state index < -0.39 is 11.9 Å². The molecule has 0 aliphatic heterocycles. The maximum absolute atomic E-state index is 13.9. The first-order valence-electron chi connectivity index (χ1n) is 23.2. The van der Waals surface area contributed by atoms with Crippen molar-refractivity contribution in [2.45, 2.75) is 146 Å². The Kier molecular flexibility index (Phi) is 20.2. The van der Waals surface area contributed by atoms with Gasteiger partial charge in [0.2, 0.25) is 0 Å². The van der Waals surface area contributed by atoms with Crippen LogP contribution in [0.5, 0.6) is 28.7 Å². The largest absolute Gasteiger partial charge is 0.493 e. The highest BCUT2D eigenvalue weighted by atomic mass is 16.5. The van der Waals surface area contributed by atoms with E-state index in [1.54, 1.807) is 24.3 Å². The fourth-order valence-electron chi connectivity index (χ4n) is 7.76. The minimum absolute atomic E-state index is 0.391. The number of unbranched alkanes of at least 4 members (excludes halogenated alkanes) is 3. The van der Waals surface area contributed by atoms with Crippen molar-refractivity contribution in [1.82, 2.24) is 0 Å². The molecule has 0 aliphatic rings. The van der Waals surface area contributed by atoms with E-state index in [0.29, 0.717) is 77.4 Å². The van der Waals surface area contributed by atoms with Gasteiger partial charge in [-0.3, -0.25) is 0 Å². The summed E-state index contributed by atoms with van der Waals surface area (Å²) in [5.41, 5.74) is 6.13. The van der Waals surface area contributed by atoms with Gasteiger partial charge in [-0.1, -0.05) is 105 Å². The molecular formula is C54H74O7. The maximum Gasteiger partial charge on any atom is 0.343 e. The van der Waals surface area contributed by atoms with Crippen molar-refractivity contribution in [3.8, 4) is 39.9 Å². The van der Waals surface area contributed by atoms with Crippen LogP contribution < -0.4 is 23.7 Å². The van der Waals surface area contributed by atoms with Gasteiger partial charge in [0.25, 0.3) is 0 Å². The number of hydrogen-bond acceptors (Lipinski definition) is 7. The molecule has 0 aromatic heterocycles. The first-order chi connectivity index (χ1) is 29.4. The monoisotopic (exact) mass is 835 g/mol. The Morgan fingerprint density at radius 2 is 0.820 bits per heavy atom. The van der Waals surface area contributed by atoms with E-state index >= 15 is 0 Å². The van der Waals surface area contributed by atoms with Gasteiger partial charge in [-0.15, -0.1) is 0 Å². The predicted molar refractivity (Wildman–Crippen MR) is 250 cm³/mol. The van der Waals surface area contributed by atoms with Gasteiger partial charge in [0.05, 0.1) is 30.9 Å². The molecule has 0 N–H and O–H groups in total. The van der Waals surface area contributed by atoms with Crippen molar-refractivity contribution >= 4 is 11.9 Å². The molecule has 0 aliphatic carbocycles. The van der Waals surface area contributed by atoms with Gasteiger partial charge >= 0.3 is 11.9 Å². The van der Waals surface area contributed by atoms with E-state index in [1.807, 2.05) is 70.2 Å². The maximum atomic E-state index is 13.9. The van der Waals surface area contributed by atoms with Crippen LogP contribution in [0.25, 0.3) is 11.1 Å². The smallest absolute Gasteiger partial charge is 0.343 e. The lowest BCUT2D eigenvalue weighted by atomic mass is 9.96. The summed E-state index contributed by atoms with van der Waals surface area (Å²) in [6.45, 7) is 22.8. The zero-order chi connectivity index (χ0) is 44.3. The molecule has 4 rings (SSSR count). The number of carbonyl (C=O) groups excluding carboxylic acids is 2. The molecule has 7 heteroatoms. The van der Waals surface area contributed by atoms with Gasteiger partial charge in [-0.25, -0.2) is 9.59 Å². The fraction of sp³-hybridized carbons (Fsp3) is 0.519. The Morgan fingerprint density at radius 1 is 0.459 bits per heavy atom. The van der Waals surface area contributed by atoms with Crippen LogP contribution in [0.1, 0.15) is 162 Å². The molecule has 0 fully saturated rings. The number of hydrogen-bond donors (Lipinski definition) is 0. The molecule has 0 bridgehead atoms. The molecule has 0 radical (unpaired) electrons. The molecule has 0 saturated carbocycles. The van der Waals surface area contributed by atoms with Crippen LogP contribution >= 0.6 is 0 Å². The van der Waals surface area contributed by atoms with Gasteiger partial charge in [0.15, 0.2) is 0 Å². The van der Waals surface area contributed by atoms with Crippen LogP contribution in [0, 0.1) is 45.4 Å². The van der Waals surface area contributed by atoms with Crippen LogP contribution in [0.2, 0.25) is 0 Å². The lowest BCUT2D eigenvalue weighted by Gasteiger charge is -2.19. The highest BCUT2D eigenvalue weighted by Gasteiger charge is 2.20. The lowest BCUT2D eigenvalue weighted by Crippen LogP contribution is -2.15. The van der Waals surface area contributed by atoms with E-state index in [4.69, 9.17) is 23.7 Å². The molecule has 4 aromatic carbocycles. The van der Waals surface area contributed by atoms with Crippen molar-refractivity contribution < 1.29 is 33.3 Å². The number of benzene rings is 4. The molecule has 0 saturated heterocycles. The third-order valence-corrected chi connectivity index (χ3v) is 11.9. The Morgan fingerprint density at radius 3 is 1.20 bits per heavy atom. The average molecular weight is 835 g/mol. The van der Waals surface area contributed by atoms with Gasteiger partial charge < -0.3 is 23.7 Å². The number of aryl methyl sites for hydroxylation is 4. The normalized spacial score (nSPS) is 12.7. The minimum Gasteiger partial charge on any atom is -0.493 e. The van der Waals surface area contributed by atoms with Gasteiger partial charge in [-0.2, -0.15) is 0 Å². The fourth-order valence-corrected chi connectivity index (χ4v) is 7.76. The third kappa shape index (κ3) is 15.0. The number of rotatable bonds is 26. The van der Waals surface area contributed by atoms with E-state index in [-0.39, 0.29) is 0 Å². The van der Waals surface area contributed by atoms with Crippen molar-refractivity contribution in [1.29, 1.82) is 0 Å². The Hall–Kier alpha value is -4.78. The number of ether oxygens (including phenoxy) is 5. The second kappa shape index (κ2) is 25.2. The van der Waals surface area contributed by atoms with E-state index in [9.17, 15) is 9.59 Å². The van der Waals surface area contributed by atoms with Crippen LogP contribution in [0.4, 0.5) is 0 Å². The Bertz CT molecular complexity index is 1910. The van der Waals surface area contributed by atoms with Crippen molar-refractivity contribution in [3.05, 3.63) is 100 Å². The molecule has 332 valence electrons. The number of carbonyl (C=O) groups is 2. The van der Waals surface area contributed by atoms with Crippen LogP contribution in [-0.2, 0) is 0 Å². The Labute approximate surface area is 367 Å². The molecular weight excluding hydrogens is 761 g/mol. The molecule has 3 unspecified atom stereocenters. The van der Waals surface area contributed by atoms with Crippen molar-refractivity contribution in [3.63, 3.8) is 0 Å². The van der Waals surface area contributed by atoms with Gasteiger partial charge in [-0.05, 0) is 153 Å². The van der Waals surface area contributed by atoms with Crippen molar-refractivity contribution in [2.75, 3.05) is 19.8 Å². The molecule has 0 spiro atoms. The van der Waals surface area contributed by atoms with Crippen LogP contribution in [0.15, 0.2) is 66.7 Å². The van der Waals surface area contributed by atoms with E-state index in [0.717, 1.165) is 84.7 Å². The highest BCUT2D eigenvalue weighted by molar-refractivity contribution is 5.93. The first-order valence-corrected chi connectivity index (χ1v) is 23.2. The van der Waals surface area contributed by atoms with E-state index in [2.05, 4.69) is 41.5 Å². The zero-order valence-electron chi connectivity index (χ0n) is 39.0. The summed E-state index contributed by atoms with van der Waals surface area (Å²) >= 11 is 0. The molecule has 61 heavy (non-hydrogen) atoms. The van der Waals surface area contributed by atoms with Crippen LogP contribution in [0.3, 0.4) is 0 Å². The standard InChI is InChI=1S/C54H74O7/c1-11-17-21-41(14-4)34-57-48-25-20-24-44(30-48)53(55)60-51-37(7)26-45(27-38(51)8)46-28-39(9)52(40(10)29-46)61-54(56)47-31-49(58-35-42(15-5)22-18-12-2)33-50(32-47)59-36-43(16-6)23-19-13-3/h20,24-33,41-43H,11-19,21-23,34-36H2,1-10H3. The zero-order valence-corrected chi connectivity index (χ0v) is 39.0. The first kappa shape index (κ1) is 48.9. The molecule has 0 amide bonds. The second-order valence-electron chi connectivity index (χ2n) is 17.1. The summed E-state index contributed by atoms with van der Waals surface area (Å²) in [4.78, 5) is 27.3. The predicted octanol–water partition coefficient (Wildman–Crippen LogP) is 14.8. The molecule has 0 heterocycles. The SMILES string of the molecule is CCCCC(CC)COc1cccc(C(=O)Oc2c(C)cc(-c3cc(C)c(OC(=O)c4cc(OCC(CC)CCCC)cc(OCC(CC)CCCC)c4)c(C)c3)cc2C)c1. The summed E-state index contributed by atoms with van der Waals surface area (Å²) in [5.74, 6) is 3.47. The van der Waals surface area contributed by atoms with Crippen molar-refractivity contribution in [2.24, 2.45) is 17.8 Å². The Balaban J connectivity index is 1.51. The molecule has 7 nitrogen and oxygen atoms in total. The summed E-state index contributed by atoms with van der Waals surface area (Å²) < 4.78 is 30.9. The summed E-state index contributed by atoms with van der Waals surface area (Å²) in [5, 5.41) is 0. The van der Waals surface area contributed by atoms with E-state index in [1.165, 1.54) is 25.7 Å². The second-order valence-corrected chi connectivity index (χ2v) is 17.1. The third-order valence-electron chi connectivity index (χ3n) is 11.9. The highest BCUT2D eigenvalue weighted by Crippen LogP contribution is 2.36. The molecule has 4 aromatic rings. The summed E-state index contributed by atoms with van der Waals surface area (Å²) in [7, 11) is 0. The quantitative estimate of drug-likeness (QED) is 0.0460. The number of esters is 2. The van der Waals surface area contributed by atoms with Gasteiger partial charge in [0, 0.05) is 6.07 Å². The lowest BCUT2D eigenvalue weighted by molar-refractivity contribution is 0.0722.